The van der Waals surface area contributed by atoms with E-state index in [0.29, 0.717) is 11.7 Å². The Morgan fingerprint density at radius 3 is 2.44 bits per heavy atom. The van der Waals surface area contributed by atoms with Crippen molar-refractivity contribution in [1.29, 1.82) is 0 Å². The number of aryl methyl sites for hydroxylation is 1. The molecule has 2 aromatic carbocycles. The highest BCUT2D eigenvalue weighted by atomic mass is 15.5. The van der Waals surface area contributed by atoms with Crippen molar-refractivity contribution in [1.82, 2.24) is 35.4 Å². The quantitative estimate of drug-likeness (QED) is 0.407. The molecule has 176 valence electrons. The zero-order valence-corrected chi connectivity index (χ0v) is 19.7. The summed E-state index contributed by atoms with van der Waals surface area (Å²) in [6.07, 6.45) is 6.84. The zero-order valence-electron chi connectivity index (χ0n) is 19.7. The van der Waals surface area contributed by atoms with E-state index in [2.05, 4.69) is 62.6 Å². The first-order valence-corrected chi connectivity index (χ1v) is 12.3. The molecule has 1 aliphatic carbocycles. The second-order valence-corrected chi connectivity index (χ2v) is 9.17. The molecule has 8 nitrogen and oxygen atoms in total. The van der Waals surface area contributed by atoms with Gasteiger partial charge in [-0.1, -0.05) is 55.5 Å². The largest absolute Gasteiger partial charge is 0.330 e. The fourth-order valence-electron chi connectivity index (χ4n) is 5.08. The number of tetrazole rings is 1. The van der Waals surface area contributed by atoms with Crippen LogP contribution < -0.4 is 5.73 Å². The van der Waals surface area contributed by atoms with Crippen LogP contribution in [0, 0.1) is 5.92 Å². The Kier molecular flexibility index (Phi) is 6.76. The molecule has 0 atom stereocenters. The number of hydrogen-bond donors (Lipinski definition) is 2. The minimum atomic E-state index is 0.489. The van der Waals surface area contributed by atoms with Crippen molar-refractivity contribution in [3.63, 3.8) is 0 Å². The number of hydrogen-bond acceptors (Lipinski definition) is 6. The van der Waals surface area contributed by atoms with Crippen molar-refractivity contribution >= 4 is 0 Å². The summed E-state index contributed by atoms with van der Waals surface area (Å²) in [7, 11) is 0. The molecular formula is C26H32N8. The Morgan fingerprint density at radius 1 is 1.00 bits per heavy atom. The number of benzene rings is 2. The summed E-state index contributed by atoms with van der Waals surface area (Å²) in [6, 6.07) is 16.8. The van der Waals surface area contributed by atoms with Gasteiger partial charge < -0.3 is 5.73 Å². The predicted molar refractivity (Wildman–Crippen MR) is 132 cm³/mol. The lowest BCUT2D eigenvalue weighted by molar-refractivity contribution is 0.302. The molecule has 0 radical (unpaired) electrons. The van der Waals surface area contributed by atoms with Crippen LogP contribution in [0.25, 0.3) is 22.5 Å². The number of aromatic amines is 1. The van der Waals surface area contributed by atoms with Gasteiger partial charge in [-0.3, -0.25) is 0 Å². The first kappa shape index (κ1) is 22.4. The minimum Gasteiger partial charge on any atom is -0.330 e. The van der Waals surface area contributed by atoms with Crippen LogP contribution in [0.3, 0.4) is 0 Å². The van der Waals surface area contributed by atoms with Crippen molar-refractivity contribution in [2.75, 3.05) is 6.54 Å². The Labute approximate surface area is 200 Å². The highest BCUT2D eigenvalue weighted by molar-refractivity contribution is 5.80. The Morgan fingerprint density at radius 2 is 1.76 bits per heavy atom. The molecule has 1 aliphatic rings. The third kappa shape index (κ3) is 4.77. The first-order valence-electron chi connectivity index (χ1n) is 12.3. The van der Waals surface area contributed by atoms with Crippen LogP contribution >= 0.6 is 0 Å². The van der Waals surface area contributed by atoms with Crippen LogP contribution in [0.15, 0.2) is 48.5 Å². The van der Waals surface area contributed by atoms with E-state index >= 15 is 0 Å². The van der Waals surface area contributed by atoms with Gasteiger partial charge in [0.1, 0.15) is 5.82 Å². The van der Waals surface area contributed by atoms with E-state index in [-0.39, 0.29) is 0 Å². The highest BCUT2D eigenvalue weighted by Gasteiger charge is 2.26. The molecule has 4 aromatic rings. The molecule has 8 heteroatoms. The van der Waals surface area contributed by atoms with Crippen LogP contribution in [0.4, 0.5) is 0 Å². The molecule has 3 N–H and O–H groups in total. The molecule has 5 rings (SSSR count). The highest BCUT2D eigenvalue weighted by Crippen LogP contribution is 2.36. The molecule has 0 aliphatic heterocycles. The maximum atomic E-state index is 5.78. The topological polar surface area (TPSA) is 111 Å². The fraction of sp³-hybridized carbons (Fsp3) is 0.423. The van der Waals surface area contributed by atoms with E-state index in [0.717, 1.165) is 60.2 Å². The van der Waals surface area contributed by atoms with E-state index in [1.54, 1.807) is 0 Å². The molecule has 1 saturated carbocycles. The summed E-state index contributed by atoms with van der Waals surface area (Å²) in [5.74, 6) is 3.94. The molecule has 2 aromatic heterocycles. The summed E-state index contributed by atoms with van der Waals surface area (Å²) < 4.78 is 2.13. The third-order valence-corrected chi connectivity index (χ3v) is 6.96. The SMILES string of the molecule is CCc1nc(C2CCC(CCN)CC2)n(Cc2ccc(-c3ccccc3-c3nn[nH]n3)cc2)n1. The number of nitrogens with one attached hydrogen (secondary N) is 1. The molecule has 2 heterocycles. The van der Waals surface area contributed by atoms with Gasteiger partial charge in [0.05, 0.1) is 6.54 Å². The van der Waals surface area contributed by atoms with Gasteiger partial charge in [0.2, 0.25) is 5.82 Å². The maximum Gasteiger partial charge on any atom is 0.205 e. The Balaban J connectivity index is 1.35. The number of aromatic nitrogens is 7. The number of nitrogens with two attached hydrogens (primary N) is 1. The molecule has 0 amide bonds. The van der Waals surface area contributed by atoms with Crippen LogP contribution in [0.2, 0.25) is 0 Å². The minimum absolute atomic E-state index is 0.489. The normalized spacial score (nSPS) is 18.3. The summed E-state index contributed by atoms with van der Waals surface area (Å²) in [6.45, 7) is 3.65. The summed E-state index contributed by atoms with van der Waals surface area (Å²) in [5.41, 5.74) is 10.2. The smallest absolute Gasteiger partial charge is 0.205 e. The molecule has 34 heavy (non-hydrogen) atoms. The zero-order chi connectivity index (χ0) is 23.3. The van der Waals surface area contributed by atoms with Crippen LogP contribution in [0.5, 0.6) is 0 Å². The van der Waals surface area contributed by atoms with Crippen molar-refractivity contribution in [3.8, 4) is 22.5 Å². The van der Waals surface area contributed by atoms with E-state index < -0.39 is 0 Å². The Bertz CT molecular complexity index is 1190. The summed E-state index contributed by atoms with van der Waals surface area (Å²) >= 11 is 0. The monoisotopic (exact) mass is 456 g/mol. The van der Waals surface area contributed by atoms with Gasteiger partial charge in [-0.2, -0.15) is 10.3 Å². The molecule has 0 saturated heterocycles. The average molecular weight is 457 g/mol. The lowest BCUT2D eigenvalue weighted by atomic mass is 9.80. The van der Waals surface area contributed by atoms with Crippen molar-refractivity contribution in [3.05, 3.63) is 65.7 Å². The van der Waals surface area contributed by atoms with Gasteiger partial charge in [0.15, 0.2) is 5.82 Å². The number of H-pyrrole nitrogens is 1. The first-order chi connectivity index (χ1) is 16.7. The number of nitrogens with zero attached hydrogens (tertiary/aromatic N) is 6. The second kappa shape index (κ2) is 10.3. The van der Waals surface area contributed by atoms with E-state index in [1.165, 1.54) is 31.2 Å². The van der Waals surface area contributed by atoms with Gasteiger partial charge in [0.25, 0.3) is 0 Å². The number of rotatable bonds is 8. The Hall–Kier alpha value is -3.39. The fourth-order valence-corrected chi connectivity index (χ4v) is 5.08. The maximum absolute atomic E-state index is 5.78. The van der Waals surface area contributed by atoms with Crippen LogP contribution in [-0.2, 0) is 13.0 Å². The lowest BCUT2D eigenvalue weighted by Gasteiger charge is -2.27. The van der Waals surface area contributed by atoms with Gasteiger partial charge >= 0.3 is 0 Å². The molecule has 1 fully saturated rings. The molecule has 0 bridgehead atoms. The van der Waals surface area contributed by atoms with Gasteiger partial charge in [-0.25, -0.2) is 9.67 Å². The van der Waals surface area contributed by atoms with Crippen molar-refractivity contribution < 1.29 is 0 Å². The van der Waals surface area contributed by atoms with E-state index in [9.17, 15) is 0 Å². The molecule has 0 spiro atoms. The summed E-state index contributed by atoms with van der Waals surface area (Å²) in [4.78, 5) is 4.93. The van der Waals surface area contributed by atoms with E-state index in [4.69, 9.17) is 15.8 Å². The predicted octanol–water partition coefficient (Wildman–Crippen LogP) is 4.36. The third-order valence-electron chi connectivity index (χ3n) is 6.96. The van der Waals surface area contributed by atoms with Crippen molar-refractivity contribution in [2.45, 2.75) is 57.9 Å². The van der Waals surface area contributed by atoms with E-state index in [1.807, 2.05) is 18.2 Å². The molecular weight excluding hydrogens is 424 g/mol. The lowest BCUT2D eigenvalue weighted by Crippen LogP contribution is -2.19. The standard InChI is InChI=1S/C26H32N8/c1-2-24-28-26(21-13-7-18(8-14-21)15-16-27)34(31-24)17-19-9-11-20(12-10-19)22-5-3-4-6-23(22)25-29-32-33-30-25/h3-6,9-12,18,21H,2,7-8,13-17,27H2,1H3,(H,29,30,32,33). The van der Waals surface area contributed by atoms with Gasteiger partial charge in [-0.05, 0) is 66.5 Å². The summed E-state index contributed by atoms with van der Waals surface area (Å²) in [5, 5.41) is 19.4. The van der Waals surface area contributed by atoms with Gasteiger partial charge in [-0.15, -0.1) is 10.2 Å². The van der Waals surface area contributed by atoms with Crippen LogP contribution in [0.1, 0.15) is 62.2 Å². The van der Waals surface area contributed by atoms with Crippen LogP contribution in [-0.4, -0.2) is 41.9 Å². The van der Waals surface area contributed by atoms with Crippen molar-refractivity contribution in [2.24, 2.45) is 11.7 Å². The average Bonchev–Trinajstić information content (AvgIpc) is 3.56. The molecule has 0 unspecified atom stereocenters. The second-order valence-electron chi connectivity index (χ2n) is 9.17. The van der Waals surface area contributed by atoms with Gasteiger partial charge in [0, 0.05) is 17.9 Å².